The van der Waals surface area contributed by atoms with Crippen molar-refractivity contribution in [3.63, 3.8) is 0 Å². The molecule has 0 atom stereocenters. The summed E-state index contributed by atoms with van der Waals surface area (Å²) >= 11 is 0. The Balaban J connectivity index is 0.00000264. The number of rotatable bonds is 8. The lowest BCUT2D eigenvalue weighted by Crippen LogP contribution is -3.00. The number of hydrogen-bond acceptors (Lipinski definition) is 4. The van der Waals surface area contributed by atoms with E-state index >= 15 is 0 Å². The number of pyridine rings is 1. The van der Waals surface area contributed by atoms with Gasteiger partial charge in [0.25, 0.3) is 12.6 Å². The first-order chi connectivity index (χ1) is 10.7. The molecule has 0 unspecified atom stereocenters. The second-order valence-corrected chi connectivity index (χ2v) is 4.53. The molecule has 7 heteroatoms. The smallest absolute Gasteiger partial charge is 0.254 e. The van der Waals surface area contributed by atoms with Crippen molar-refractivity contribution >= 4 is 5.91 Å². The maximum absolute atomic E-state index is 11.1. The van der Waals surface area contributed by atoms with Crippen LogP contribution in [0.3, 0.4) is 0 Å². The van der Waals surface area contributed by atoms with E-state index in [2.05, 4.69) is 0 Å². The molecule has 0 aliphatic heterocycles. The first kappa shape index (κ1) is 18.7. The Bertz CT molecular complexity index is 620. The number of halogens is 1. The molecule has 1 amide bonds. The maximum atomic E-state index is 11.1. The summed E-state index contributed by atoms with van der Waals surface area (Å²) in [4.78, 5) is 11.1. The van der Waals surface area contributed by atoms with Crippen molar-refractivity contribution in [3.8, 4) is 11.5 Å². The normalized spacial score (nSPS) is 9.78. The molecule has 2 aromatic rings. The van der Waals surface area contributed by atoms with Gasteiger partial charge < -0.3 is 32.4 Å². The molecule has 0 spiro atoms. The van der Waals surface area contributed by atoms with E-state index in [1.807, 2.05) is 24.3 Å². The number of benzene rings is 1. The zero-order valence-electron chi connectivity index (χ0n) is 12.8. The number of primary amides is 1. The van der Waals surface area contributed by atoms with Crippen molar-refractivity contribution in [2.75, 3.05) is 20.3 Å². The van der Waals surface area contributed by atoms with E-state index in [9.17, 15) is 4.79 Å². The van der Waals surface area contributed by atoms with Crippen LogP contribution >= 0.6 is 0 Å². The zero-order valence-corrected chi connectivity index (χ0v) is 13.5. The van der Waals surface area contributed by atoms with Gasteiger partial charge >= 0.3 is 0 Å². The van der Waals surface area contributed by atoms with Gasteiger partial charge in [-0.15, -0.1) is 0 Å². The number of ether oxygens (including phenoxy) is 3. The monoisotopic (exact) mass is 338 g/mol. The first-order valence-electron chi connectivity index (χ1n) is 6.82. The number of carbonyl (C=O) groups is 1. The lowest BCUT2D eigenvalue weighted by Gasteiger charge is -2.06. The molecule has 2 N–H and O–H groups in total. The molecule has 0 bridgehead atoms. The van der Waals surface area contributed by atoms with Crippen molar-refractivity contribution in [2.45, 2.75) is 6.73 Å². The van der Waals surface area contributed by atoms with E-state index in [0.29, 0.717) is 25.5 Å². The average molecular weight is 339 g/mol. The molecule has 6 nitrogen and oxygen atoms in total. The van der Waals surface area contributed by atoms with Crippen LogP contribution in [0.5, 0.6) is 11.5 Å². The van der Waals surface area contributed by atoms with Crippen molar-refractivity contribution in [1.82, 2.24) is 0 Å². The Kier molecular flexibility index (Phi) is 7.87. The highest BCUT2D eigenvalue weighted by Crippen LogP contribution is 2.16. The van der Waals surface area contributed by atoms with E-state index in [4.69, 9.17) is 19.9 Å². The van der Waals surface area contributed by atoms with Crippen LogP contribution < -0.4 is 32.2 Å². The van der Waals surface area contributed by atoms with Crippen LogP contribution in [0.4, 0.5) is 0 Å². The third-order valence-electron chi connectivity index (χ3n) is 2.94. The van der Waals surface area contributed by atoms with Gasteiger partial charge in [-0.1, -0.05) is 0 Å². The average Bonchev–Trinajstić information content (AvgIpc) is 2.55. The number of methoxy groups -OCH3 is 1. The van der Waals surface area contributed by atoms with Crippen LogP contribution in [0.2, 0.25) is 0 Å². The Morgan fingerprint density at radius 1 is 1.13 bits per heavy atom. The second-order valence-electron chi connectivity index (χ2n) is 4.53. The molecule has 1 aromatic heterocycles. The highest BCUT2D eigenvalue weighted by Gasteiger charge is 2.06. The minimum Gasteiger partial charge on any atom is -1.00 e. The molecule has 0 radical (unpaired) electrons. The molecular formula is C16H19ClN2O4. The Hall–Kier alpha value is -2.31. The van der Waals surface area contributed by atoms with Gasteiger partial charge in [-0.2, -0.15) is 4.57 Å². The van der Waals surface area contributed by atoms with Crippen LogP contribution in [0.25, 0.3) is 0 Å². The van der Waals surface area contributed by atoms with Gasteiger partial charge in [0.1, 0.15) is 23.7 Å². The van der Waals surface area contributed by atoms with Gasteiger partial charge in [-0.05, 0) is 30.3 Å². The molecular weight excluding hydrogens is 320 g/mol. The predicted octanol–water partition coefficient (Wildman–Crippen LogP) is -1.86. The Morgan fingerprint density at radius 3 is 2.48 bits per heavy atom. The van der Waals surface area contributed by atoms with Crippen LogP contribution in [0.1, 0.15) is 10.4 Å². The molecule has 0 aliphatic carbocycles. The van der Waals surface area contributed by atoms with Crippen LogP contribution in [0.15, 0.2) is 48.8 Å². The quantitative estimate of drug-likeness (QED) is 0.452. The van der Waals surface area contributed by atoms with Gasteiger partial charge in [0.15, 0.2) is 12.4 Å². The lowest BCUT2D eigenvalue weighted by atomic mass is 10.3. The number of nitrogens with two attached hydrogens (primary N) is 1. The fraction of sp³-hybridized carbons (Fsp3) is 0.250. The largest absolute Gasteiger partial charge is 1.00 e. The predicted molar refractivity (Wildman–Crippen MR) is 79.6 cm³/mol. The summed E-state index contributed by atoms with van der Waals surface area (Å²) < 4.78 is 17.8. The first-order valence-corrected chi connectivity index (χ1v) is 6.82. The second kappa shape index (κ2) is 9.66. The Morgan fingerprint density at radius 2 is 1.83 bits per heavy atom. The third-order valence-corrected chi connectivity index (χ3v) is 2.94. The maximum Gasteiger partial charge on any atom is 0.254 e. The van der Waals surface area contributed by atoms with Gasteiger partial charge in [0.2, 0.25) is 0 Å². The van der Waals surface area contributed by atoms with Gasteiger partial charge in [-0.3, -0.25) is 4.79 Å². The number of carbonyl (C=O) groups excluding carboxylic acids is 1. The fourth-order valence-corrected chi connectivity index (χ4v) is 1.81. The summed E-state index contributed by atoms with van der Waals surface area (Å²) in [6, 6.07) is 10.7. The molecule has 1 aromatic carbocycles. The molecule has 0 saturated heterocycles. The molecule has 0 aliphatic rings. The topological polar surface area (TPSA) is 74.7 Å². The summed E-state index contributed by atoms with van der Waals surface area (Å²) in [6.07, 6.45) is 3.45. The standard InChI is InChI=1S/C16H18N2O4.ClH/c1-20-14-4-6-15(7-5-14)22-10-9-21-12-18-8-2-3-13(11-18)16(17)19;/h2-8,11H,9-10,12H2,1H3,(H-,17,19);1H. The fourth-order valence-electron chi connectivity index (χ4n) is 1.81. The van der Waals surface area contributed by atoms with Crippen molar-refractivity contribution < 1.29 is 36.0 Å². The molecule has 2 rings (SSSR count). The summed E-state index contributed by atoms with van der Waals surface area (Å²) in [5.41, 5.74) is 5.67. The van der Waals surface area contributed by atoms with E-state index in [1.54, 1.807) is 36.2 Å². The van der Waals surface area contributed by atoms with Crippen LogP contribution in [0, 0.1) is 0 Å². The van der Waals surface area contributed by atoms with E-state index in [0.717, 1.165) is 11.5 Å². The number of hydrogen-bond donors (Lipinski definition) is 1. The van der Waals surface area contributed by atoms with Crippen LogP contribution in [-0.4, -0.2) is 26.2 Å². The SMILES string of the molecule is COc1ccc(OCCOC[n+]2cccc(C(N)=O)c2)cc1.[Cl-]. The van der Waals surface area contributed by atoms with Crippen molar-refractivity contribution in [1.29, 1.82) is 0 Å². The molecule has 0 fully saturated rings. The Labute approximate surface area is 141 Å². The third kappa shape index (κ3) is 6.14. The zero-order chi connectivity index (χ0) is 15.8. The van der Waals surface area contributed by atoms with Crippen LogP contribution in [-0.2, 0) is 11.5 Å². The summed E-state index contributed by atoms with van der Waals surface area (Å²) in [7, 11) is 1.62. The van der Waals surface area contributed by atoms with E-state index < -0.39 is 5.91 Å². The van der Waals surface area contributed by atoms with Crippen molar-refractivity contribution in [2.24, 2.45) is 5.73 Å². The molecule has 124 valence electrons. The molecule has 1 heterocycles. The van der Waals surface area contributed by atoms with Gasteiger partial charge in [-0.25, -0.2) is 0 Å². The summed E-state index contributed by atoms with van der Waals surface area (Å²) in [6.45, 7) is 1.19. The lowest BCUT2D eigenvalue weighted by molar-refractivity contribution is -0.732. The summed E-state index contributed by atoms with van der Waals surface area (Å²) in [5, 5.41) is 0. The summed E-state index contributed by atoms with van der Waals surface area (Å²) in [5.74, 6) is 1.08. The van der Waals surface area contributed by atoms with E-state index in [1.165, 1.54) is 0 Å². The molecule has 0 saturated carbocycles. The number of nitrogens with zero attached hydrogens (tertiary/aromatic N) is 1. The highest BCUT2D eigenvalue weighted by atomic mass is 35.5. The van der Waals surface area contributed by atoms with Gasteiger partial charge in [0, 0.05) is 6.07 Å². The van der Waals surface area contributed by atoms with Gasteiger partial charge in [0.05, 0.1) is 13.7 Å². The number of amides is 1. The minimum atomic E-state index is -0.461. The van der Waals surface area contributed by atoms with Crippen molar-refractivity contribution in [3.05, 3.63) is 54.4 Å². The van der Waals surface area contributed by atoms with E-state index in [-0.39, 0.29) is 12.4 Å². The highest BCUT2D eigenvalue weighted by molar-refractivity contribution is 5.92. The minimum absolute atomic E-state index is 0. The molecule has 23 heavy (non-hydrogen) atoms. The number of aromatic nitrogens is 1.